The van der Waals surface area contributed by atoms with Gasteiger partial charge in [0, 0.05) is 18.6 Å². The van der Waals surface area contributed by atoms with Crippen molar-refractivity contribution >= 4 is 11.8 Å². The molecule has 20 heavy (non-hydrogen) atoms. The molecule has 0 bridgehead atoms. The SMILES string of the molecule is Cc1ccc(C)c(CSc2nnc([C@H]3CCC[NH2+]3)o2)c1. The summed E-state index contributed by atoms with van der Waals surface area (Å²) in [6.45, 7) is 5.43. The lowest BCUT2D eigenvalue weighted by Gasteiger charge is -2.05. The fourth-order valence-electron chi connectivity index (χ4n) is 2.52. The highest BCUT2D eigenvalue weighted by atomic mass is 32.2. The maximum absolute atomic E-state index is 5.77. The smallest absolute Gasteiger partial charge is 0.277 e. The van der Waals surface area contributed by atoms with Crippen molar-refractivity contribution in [2.45, 2.75) is 43.7 Å². The monoisotopic (exact) mass is 290 g/mol. The maximum Gasteiger partial charge on any atom is 0.277 e. The molecular weight excluding hydrogens is 270 g/mol. The predicted molar refractivity (Wildman–Crippen MR) is 78.5 cm³/mol. The van der Waals surface area contributed by atoms with Crippen LogP contribution in [0.5, 0.6) is 0 Å². The molecule has 0 unspecified atom stereocenters. The predicted octanol–water partition coefficient (Wildman–Crippen LogP) is 2.38. The van der Waals surface area contributed by atoms with Gasteiger partial charge in [-0.3, -0.25) is 0 Å². The van der Waals surface area contributed by atoms with Crippen LogP contribution in [0.15, 0.2) is 27.8 Å². The Balaban J connectivity index is 1.64. The third kappa shape index (κ3) is 3.04. The third-order valence-corrected chi connectivity index (χ3v) is 4.63. The van der Waals surface area contributed by atoms with Crippen molar-refractivity contribution in [2.24, 2.45) is 0 Å². The number of rotatable bonds is 4. The van der Waals surface area contributed by atoms with Gasteiger partial charge < -0.3 is 9.73 Å². The molecule has 1 fully saturated rings. The van der Waals surface area contributed by atoms with E-state index in [0.29, 0.717) is 11.3 Å². The van der Waals surface area contributed by atoms with Gasteiger partial charge in [-0.2, -0.15) is 0 Å². The Kier molecular flexibility index (Phi) is 4.08. The Morgan fingerprint density at radius 1 is 1.35 bits per heavy atom. The molecule has 1 aliphatic rings. The normalized spacial score (nSPS) is 18.6. The molecule has 0 amide bonds. The minimum atomic E-state index is 0.373. The molecular formula is C15H20N3OS+. The van der Waals surface area contributed by atoms with Gasteiger partial charge in [0.05, 0.1) is 6.54 Å². The van der Waals surface area contributed by atoms with Gasteiger partial charge in [-0.1, -0.05) is 35.5 Å². The highest BCUT2D eigenvalue weighted by Gasteiger charge is 2.26. The van der Waals surface area contributed by atoms with Crippen molar-refractivity contribution in [3.8, 4) is 0 Å². The molecule has 0 radical (unpaired) electrons. The van der Waals surface area contributed by atoms with E-state index in [2.05, 4.69) is 47.6 Å². The quantitative estimate of drug-likeness (QED) is 0.878. The van der Waals surface area contributed by atoms with Crippen LogP contribution in [0.4, 0.5) is 0 Å². The molecule has 2 aromatic rings. The van der Waals surface area contributed by atoms with Crippen LogP contribution in [-0.4, -0.2) is 16.7 Å². The van der Waals surface area contributed by atoms with Crippen molar-refractivity contribution in [3.63, 3.8) is 0 Å². The molecule has 1 saturated heterocycles. The van der Waals surface area contributed by atoms with Crippen molar-refractivity contribution in [3.05, 3.63) is 40.8 Å². The summed E-state index contributed by atoms with van der Waals surface area (Å²) in [5.41, 5.74) is 3.94. The number of hydrogen-bond donors (Lipinski definition) is 1. The second-order valence-corrected chi connectivity index (χ2v) is 6.32. The lowest BCUT2D eigenvalue weighted by molar-refractivity contribution is -0.678. The van der Waals surface area contributed by atoms with E-state index in [0.717, 1.165) is 24.6 Å². The fraction of sp³-hybridized carbons (Fsp3) is 0.467. The van der Waals surface area contributed by atoms with E-state index >= 15 is 0 Å². The van der Waals surface area contributed by atoms with E-state index in [1.807, 2.05) is 0 Å². The van der Waals surface area contributed by atoms with Gasteiger partial charge in [-0.25, -0.2) is 0 Å². The number of aromatic nitrogens is 2. The summed E-state index contributed by atoms with van der Waals surface area (Å²) in [4.78, 5) is 0. The molecule has 0 saturated carbocycles. The van der Waals surface area contributed by atoms with Crippen molar-refractivity contribution in [2.75, 3.05) is 6.54 Å². The first-order valence-corrected chi connectivity index (χ1v) is 8.06. The molecule has 5 heteroatoms. The molecule has 0 spiro atoms. The zero-order valence-corrected chi connectivity index (χ0v) is 12.7. The summed E-state index contributed by atoms with van der Waals surface area (Å²) in [5, 5.41) is 11.3. The average molecular weight is 290 g/mol. The van der Waals surface area contributed by atoms with Gasteiger partial charge in [-0.15, -0.1) is 10.2 Å². The van der Waals surface area contributed by atoms with Crippen LogP contribution in [0.1, 0.15) is 41.5 Å². The lowest BCUT2D eigenvalue weighted by atomic mass is 10.1. The van der Waals surface area contributed by atoms with Gasteiger partial charge in [0.25, 0.3) is 11.1 Å². The van der Waals surface area contributed by atoms with Gasteiger partial charge in [0.2, 0.25) is 0 Å². The van der Waals surface area contributed by atoms with Gasteiger partial charge in [0.15, 0.2) is 6.04 Å². The summed E-state index contributed by atoms with van der Waals surface area (Å²) < 4.78 is 5.77. The minimum Gasteiger partial charge on any atom is -0.410 e. The van der Waals surface area contributed by atoms with Crippen molar-refractivity contribution in [1.29, 1.82) is 0 Å². The first-order valence-electron chi connectivity index (χ1n) is 7.08. The molecule has 0 aliphatic carbocycles. The molecule has 3 rings (SSSR count). The molecule has 106 valence electrons. The summed E-state index contributed by atoms with van der Waals surface area (Å²) in [5.74, 6) is 1.66. The largest absolute Gasteiger partial charge is 0.410 e. The summed E-state index contributed by atoms with van der Waals surface area (Å²) in [6.07, 6.45) is 2.38. The number of quaternary nitrogens is 1. The Labute approximate surface area is 123 Å². The molecule has 2 N–H and O–H groups in total. The standard InChI is InChI=1S/C15H19N3OS/c1-10-5-6-11(2)12(8-10)9-20-15-18-17-14(19-15)13-4-3-7-16-13/h5-6,8,13,16H,3-4,7,9H2,1-2H3/p+1/t13-/m1/s1. The number of nitrogens with two attached hydrogens (primary N) is 1. The summed E-state index contributed by atoms with van der Waals surface area (Å²) in [6, 6.07) is 6.91. The van der Waals surface area contributed by atoms with E-state index < -0.39 is 0 Å². The fourth-order valence-corrected chi connectivity index (χ4v) is 3.36. The maximum atomic E-state index is 5.77. The molecule has 1 atom stereocenters. The number of thioether (sulfide) groups is 1. The average Bonchev–Trinajstić information content (AvgIpc) is 3.09. The molecule has 4 nitrogen and oxygen atoms in total. The van der Waals surface area contributed by atoms with Crippen LogP contribution in [-0.2, 0) is 5.75 Å². The van der Waals surface area contributed by atoms with Crippen LogP contribution in [0, 0.1) is 13.8 Å². The molecule has 2 heterocycles. The zero-order chi connectivity index (χ0) is 13.9. The topological polar surface area (TPSA) is 55.5 Å². The first kappa shape index (κ1) is 13.6. The Morgan fingerprint density at radius 3 is 3.05 bits per heavy atom. The summed E-state index contributed by atoms with van der Waals surface area (Å²) in [7, 11) is 0. The van der Waals surface area contributed by atoms with E-state index in [1.54, 1.807) is 11.8 Å². The second-order valence-electron chi connectivity index (χ2n) is 5.40. The Hall–Kier alpha value is -1.33. The Morgan fingerprint density at radius 2 is 2.25 bits per heavy atom. The van der Waals surface area contributed by atoms with Crippen LogP contribution in [0.3, 0.4) is 0 Å². The Bertz CT molecular complexity index is 591. The number of aryl methyl sites for hydroxylation is 2. The second kappa shape index (κ2) is 5.97. The lowest BCUT2D eigenvalue weighted by Crippen LogP contribution is -2.81. The third-order valence-electron chi connectivity index (χ3n) is 3.77. The van der Waals surface area contributed by atoms with Crippen LogP contribution in [0.25, 0.3) is 0 Å². The van der Waals surface area contributed by atoms with E-state index in [4.69, 9.17) is 4.42 Å². The van der Waals surface area contributed by atoms with E-state index in [9.17, 15) is 0 Å². The van der Waals surface area contributed by atoms with Gasteiger partial charge in [0.1, 0.15) is 0 Å². The molecule has 1 aromatic carbocycles. The number of nitrogens with zero attached hydrogens (tertiary/aromatic N) is 2. The highest BCUT2D eigenvalue weighted by molar-refractivity contribution is 7.98. The molecule has 1 aliphatic heterocycles. The van der Waals surface area contributed by atoms with E-state index in [1.165, 1.54) is 23.1 Å². The van der Waals surface area contributed by atoms with Crippen LogP contribution in [0.2, 0.25) is 0 Å². The zero-order valence-electron chi connectivity index (χ0n) is 11.9. The first-order chi connectivity index (χ1) is 9.72. The molecule has 1 aromatic heterocycles. The van der Waals surface area contributed by atoms with E-state index in [-0.39, 0.29) is 0 Å². The van der Waals surface area contributed by atoms with Gasteiger partial charge in [-0.05, 0) is 25.0 Å². The highest BCUT2D eigenvalue weighted by Crippen LogP contribution is 2.26. The van der Waals surface area contributed by atoms with Gasteiger partial charge >= 0.3 is 0 Å². The number of hydrogen-bond acceptors (Lipinski definition) is 4. The minimum absolute atomic E-state index is 0.373. The van der Waals surface area contributed by atoms with Crippen molar-refractivity contribution in [1.82, 2.24) is 10.2 Å². The van der Waals surface area contributed by atoms with Crippen LogP contribution >= 0.6 is 11.8 Å². The number of benzene rings is 1. The van der Waals surface area contributed by atoms with Crippen LogP contribution < -0.4 is 5.32 Å². The summed E-state index contributed by atoms with van der Waals surface area (Å²) >= 11 is 1.62. The van der Waals surface area contributed by atoms with Crippen molar-refractivity contribution < 1.29 is 9.73 Å².